The number of fused-ring (bicyclic) bond motifs is 5. The molecule has 3 unspecified atom stereocenters. The van der Waals surface area contributed by atoms with Gasteiger partial charge in [-0.15, -0.1) is 0 Å². The maximum Gasteiger partial charge on any atom is 0.115 e. The smallest absolute Gasteiger partial charge is 0.115 e. The van der Waals surface area contributed by atoms with Gasteiger partial charge in [0.05, 0.1) is 6.10 Å². The zero-order chi connectivity index (χ0) is 14.8. The molecule has 2 fully saturated rings. The maximum absolute atomic E-state index is 10.6. The number of aryl methyl sites for hydroxylation is 1. The van der Waals surface area contributed by atoms with Crippen LogP contribution in [0.2, 0.25) is 0 Å². The first kappa shape index (κ1) is 13.6. The highest BCUT2D eigenvalue weighted by molar-refractivity contribution is 5.40. The molecule has 1 aromatic carbocycles. The van der Waals surface area contributed by atoms with Crippen molar-refractivity contribution < 1.29 is 10.2 Å². The SMILES string of the molecule is C[C@H]1CC2C3CCc4cc(O)ccc4C3CC[C@]2(C)[C@@H]1O. The van der Waals surface area contributed by atoms with Crippen molar-refractivity contribution in [1.82, 2.24) is 0 Å². The number of rotatable bonds is 0. The summed E-state index contributed by atoms with van der Waals surface area (Å²) in [5.41, 5.74) is 2.96. The first-order valence-electron chi connectivity index (χ1n) is 8.50. The van der Waals surface area contributed by atoms with Crippen LogP contribution in [0.1, 0.15) is 56.6 Å². The summed E-state index contributed by atoms with van der Waals surface area (Å²) in [6, 6.07) is 5.96. The van der Waals surface area contributed by atoms with Gasteiger partial charge in [0, 0.05) is 0 Å². The van der Waals surface area contributed by atoms with E-state index in [1.165, 1.54) is 30.4 Å². The monoisotopic (exact) mass is 286 g/mol. The van der Waals surface area contributed by atoms with Crippen LogP contribution in [0.15, 0.2) is 18.2 Å². The Morgan fingerprint density at radius 2 is 2.05 bits per heavy atom. The van der Waals surface area contributed by atoms with Crippen LogP contribution in [0.3, 0.4) is 0 Å². The molecule has 2 N–H and O–H groups in total. The first-order chi connectivity index (χ1) is 10.0. The summed E-state index contributed by atoms with van der Waals surface area (Å²) in [4.78, 5) is 0. The van der Waals surface area contributed by atoms with E-state index in [1.54, 1.807) is 0 Å². The van der Waals surface area contributed by atoms with Crippen molar-refractivity contribution in [1.29, 1.82) is 0 Å². The second-order valence-electron chi connectivity index (χ2n) is 8.00. The molecule has 0 heterocycles. The summed E-state index contributed by atoms with van der Waals surface area (Å²) >= 11 is 0. The lowest BCUT2D eigenvalue weighted by atomic mass is 9.55. The quantitative estimate of drug-likeness (QED) is 0.760. The molecule has 2 heteroatoms. The van der Waals surface area contributed by atoms with Crippen LogP contribution in [0.25, 0.3) is 0 Å². The van der Waals surface area contributed by atoms with E-state index < -0.39 is 0 Å². The van der Waals surface area contributed by atoms with E-state index in [9.17, 15) is 10.2 Å². The Morgan fingerprint density at radius 1 is 1.24 bits per heavy atom. The van der Waals surface area contributed by atoms with Gasteiger partial charge in [-0.05, 0) is 84.5 Å². The van der Waals surface area contributed by atoms with Gasteiger partial charge in [-0.1, -0.05) is 19.9 Å². The summed E-state index contributed by atoms with van der Waals surface area (Å²) in [7, 11) is 0. The molecule has 0 bridgehead atoms. The fraction of sp³-hybridized carbons (Fsp3) is 0.684. The topological polar surface area (TPSA) is 40.5 Å². The molecule has 2 nitrogen and oxygen atoms in total. The van der Waals surface area contributed by atoms with Crippen molar-refractivity contribution in [2.75, 3.05) is 0 Å². The highest BCUT2D eigenvalue weighted by Gasteiger charge is 2.56. The van der Waals surface area contributed by atoms with Gasteiger partial charge >= 0.3 is 0 Å². The molecule has 2 saturated carbocycles. The van der Waals surface area contributed by atoms with Crippen LogP contribution in [0.4, 0.5) is 0 Å². The molecule has 0 amide bonds. The summed E-state index contributed by atoms with van der Waals surface area (Å²) in [6.45, 7) is 4.55. The minimum absolute atomic E-state index is 0.121. The van der Waals surface area contributed by atoms with E-state index in [4.69, 9.17) is 0 Å². The predicted molar refractivity (Wildman–Crippen MR) is 83.3 cm³/mol. The number of aliphatic hydroxyl groups is 1. The summed E-state index contributed by atoms with van der Waals surface area (Å²) in [5.74, 6) is 2.88. The summed E-state index contributed by atoms with van der Waals surface area (Å²) in [5, 5.41) is 20.4. The van der Waals surface area contributed by atoms with Gasteiger partial charge in [0.25, 0.3) is 0 Å². The van der Waals surface area contributed by atoms with Gasteiger partial charge in [-0.2, -0.15) is 0 Å². The molecule has 6 atom stereocenters. The maximum atomic E-state index is 10.6. The van der Waals surface area contributed by atoms with Gasteiger partial charge < -0.3 is 10.2 Å². The Hall–Kier alpha value is -1.02. The molecule has 1 aromatic rings. The normalized spacial score (nSPS) is 44.8. The van der Waals surface area contributed by atoms with Crippen LogP contribution >= 0.6 is 0 Å². The Bertz CT molecular complexity index is 567. The van der Waals surface area contributed by atoms with E-state index in [0.29, 0.717) is 23.5 Å². The molecule has 3 aliphatic carbocycles. The van der Waals surface area contributed by atoms with Crippen LogP contribution in [0, 0.1) is 23.2 Å². The molecule has 114 valence electrons. The van der Waals surface area contributed by atoms with Gasteiger partial charge in [0.2, 0.25) is 0 Å². The third-order valence-corrected chi connectivity index (χ3v) is 6.99. The molecule has 0 radical (unpaired) electrons. The Balaban J connectivity index is 1.71. The first-order valence-corrected chi connectivity index (χ1v) is 8.50. The number of hydrogen-bond acceptors (Lipinski definition) is 2. The lowest BCUT2D eigenvalue weighted by Crippen LogP contribution is -2.44. The van der Waals surface area contributed by atoms with Gasteiger partial charge in [0.15, 0.2) is 0 Å². The zero-order valence-electron chi connectivity index (χ0n) is 13.0. The third-order valence-electron chi connectivity index (χ3n) is 6.99. The molecular formula is C19H26O2. The predicted octanol–water partition coefficient (Wildman–Crippen LogP) is 3.86. The van der Waals surface area contributed by atoms with Gasteiger partial charge in [0.1, 0.15) is 5.75 Å². The third kappa shape index (κ3) is 1.81. The molecule has 0 saturated heterocycles. The Kier molecular flexibility index (Phi) is 2.91. The van der Waals surface area contributed by atoms with E-state index in [0.717, 1.165) is 18.8 Å². The summed E-state index contributed by atoms with van der Waals surface area (Å²) < 4.78 is 0. The molecule has 0 aliphatic heterocycles. The number of phenolic OH excluding ortho intramolecular Hbond substituents is 1. The molecule has 21 heavy (non-hydrogen) atoms. The lowest BCUT2D eigenvalue weighted by Gasteiger charge is -2.50. The second kappa shape index (κ2) is 4.49. The van der Waals surface area contributed by atoms with Crippen LogP contribution in [-0.4, -0.2) is 16.3 Å². The molecule has 0 spiro atoms. The van der Waals surface area contributed by atoms with Crippen molar-refractivity contribution in [2.24, 2.45) is 23.2 Å². The number of aliphatic hydroxyl groups excluding tert-OH is 1. The molecule has 3 aliphatic rings. The fourth-order valence-electron chi connectivity index (χ4n) is 5.91. The van der Waals surface area contributed by atoms with E-state index in [-0.39, 0.29) is 11.5 Å². The van der Waals surface area contributed by atoms with E-state index >= 15 is 0 Å². The minimum atomic E-state index is -0.121. The van der Waals surface area contributed by atoms with E-state index in [2.05, 4.69) is 19.9 Å². The van der Waals surface area contributed by atoms with Gasteiger partial charge in [-0.3, -0.25) is 0 Å². The molecular weight excluding hydrogens is 260 g/mol. The molecule has 0 aromatic heterocycles. The molecule has 4 rings (SSSR count). The number of benzene rings is 1. The highest BCUT2D eigenvalue weighted by atomic mass is 16.3. The standard InChI is InChI=1S/C19H26O2/c1-11-9-17-16-5-3-12-10-13(20)4-6-14(12)15(16)7-8-19(17,2)18(11)21/h4,6,10-11,15-18,20-21H,3,5,7-9H2,1-2H3/t11-,15?,16?,17?,18+,19-/m0/s1. The van der Waals surface area contributed by atoms with Crippen LogP contribution < -0.4 is 0 Å². The fourth-order valence-corrected chi connectivity index (χ4v) is 5.91. The number of aromatic hydroxyl groups is 1. The largest absolute Gasteiger partial charge is 0.508 e. The Labute approximate surface area is 127 Å². The number of phenols is 1. The average molecular weight is 286 g/mol. The van der Waals surface area contributed by atoms with Crippen molar-refractivity contribution in [3.8, 4) is 5.75 Å². The summed E-state index contributed by atoms with van der Waals surface area (Å²) in [6.07, 6.45) is 5.71. The second-order valence-corrected chi connectivity index (χ2v) is 8.00. The Morgan fingerprint density at radius 3 is 2.86 bits per heavy atom. The van der Waals surface area contributed by atoms with Crippen molar-refractivity contribution in [2.45, 2.75) is 58.0 Å². The van der Waals surface area contributed by atoms with E-state index in [1.807, 2.05) is 12.1 Å². The number of hydrogen-bond donors (Lipinski definition) is 2. The highest BCUT2D eigenvalue weighted by Crippen LogP contribution is 2.62. The minimum Gasteiger partial charge on any atom is -0.508 e. The average Bonchev–Trinajstić information content (AvgIpc) is 2.70. The zero-order valence-corrected chi connectivity index (χ0v) is 13.0. The van der Waals surface area contributed by atoms with Crippen molar-refractivity contribution >= 4 is 0 Å². The van der Waals surface area contributed by atoms with Crippen LogP contribution in [0.5, 0.6) is 5.75 Å². The van der Waals surface area contributed by atoms with Crippen molar-refractivity contribution in [3.05, 3.63) is 29.3 Å². The van der Waals surface area contributed by atoms with Crippen LogP contribution in [-0.2, 0) is 6.42 Å². The van der Waals surface area contributed by atoms with Crippen molar-refractivity contribution in [3.63, 3.8) is 0 Å². The lowest BCUT2D eigenvalue weighted by molar-refractivity contribution is -0.0309. The van der Waals surface area contributed by atoms with Gasteiger partial charge in [-0.25, -0.2) is 0 Å².